The predicted octanol–water partition coefficient (Wildman–Crippen LogP) is 0.230. The molecule has 0 saturated carbocycles. The normalized spacial score (nSPS) is 16.3. The van der Waals surface area contributed by atoms with Gasteiger partial charge in [-0.25, -0.2) is 9.78 Å². The number of carbonyl (C=O) groups is 2. The fraction of sp³-hybridized carbons (Fsp3) is 0.583. The zero-order valence-electron chi connectivity index (χ0n) is 10.9. The van der Waals surface area contributed by atoms with Crippen LogP contribution in [0.1, 0.15) is 13.3 Å². The average molecular weight is 266 g/mol. The summed E-state index contributed by atoms with van der Waals surface area (Å²) in [5.41, 5.74) is 0. The second-order valence-corrected chi connectivity index (χ2v) is 4.47. The van der Waals surface area contributed by atoms with E-state index in [0.717, 1.165) is 6.42 Å². The maximum absolute atomic E-state index is 11.9. The quantitative estimate of drug-likeness (QED) is 0.799. The SMILES string of the molecule is CC[C@H](Cn1ccnc1)NC(=O)CN1CCOC1=O. The molecule has 2 amide bonds. The molecule has 7 nitrogen and oxygen atoms in total. The van der Waals surface area contributed by atoms with E-state index in [-0.39, 0.29) is 18.5 Å². The van der Waals surface area contributed by atoms with Gasteiger partial charge in [0.15, 0.2) is 0 Å². The van der Waals surface area contributed by atoms with Crippen molar-refractivity contribution in [3.8, 4) is 0 Å². The molecular formula is C12H18N4O3. The van der Waals surface area contributed by atoms with Crippen molar-refractivity contribution >= 4 is 12.0 Å². The van der Waals surface area contributed by atoms with Crippen molar-refractivity contribution < 1.29 is 14.3 Å². The lowest BCUT2D eigenvalue weighted by Gasteiger charge is -2.19. The highest BCUT2D eigenvalue weighted by Gasteiger charge is 2.24. The topological polar surface area (TPSA) is 76.5 Å². The van der Waals surface area contributed by atoms with Crippen LogP contribution in [0.25, 0.3) is 0 Å². The van der Waals surface area contributed by atoms with Gasteiger partial charge in [0.05, 0.1) is 12.9 Å². The highest BCUT2D eigenvalue weighted by molar-refractivity contribution is 5.82. The molecular weight excluding hydrogens is 248 g/mol. The smallest absolute Gasteiger partial charge is 0.410 e. The number of cyclic esters (lactones) is 1. The largest absolute Gasteiger partial charge is 0.448 e. The summed E-state index contributed by atoms with van der Waals surface area (Å²) in [6.07, 6.45) is 5.67. The van der Waals surface area contributed by atoms with Crippen molar-refractivity contribution in [2.45, 2.75) is 25.9 Å². The summed E-state index contributed by atoms with van der Waals surface area (Å²) in [4.78, 5) is 28.5. The predicted molar refractivity (Wildman–Crippen MR) is 67.4 cm³/mol. The van der Waals surface area contributed by atoms with E-state index in [1.165, 1.54) is 4.90 Å². The molecule has 19 heavy (non-hydrogen) atoms. The first kappa shape index (κ1) is 13.4. The van der Waals surface area contributed by atoms with Crippen molar-refractivity contribution in [3.05, 3.63) is 18.7 Å². The highest BCUT2D eigenvalue weighted by atomic mass is 16.6. The second kappa shape index (κ2) is 6.21. The van der Waals surface area contributed by atoms with Gasteiger partial charge in [0.2, 0.25) is 5.91 Å². The molecule has 0 spiro atoms. The number of hydrogen-bond donors (Lipinski definition) is 1. The van der Waals surface area contributed by atoms with Crippen LogP contribution in [0.4, 0.5) is 4.79 Å². The van der Waals surface area contributed by atoms with Gasteiger partial charge >= 0.3 is 6.09 Å². The lowest BCUT2D eigenvalue weighted by molar-refractivity contribution is -0.122. The fourth-order valence-corrected chi connectivity index (χ4v) is 1.94. The Morgan fingerprint density at radius 3 is 3.05 bits per heavy atom. The number of hydrogen-bond acceptors (Lipinski definition) is 4. The Hall–Kier alpha value is -2.05. The van der Waals surface area contributed by atoms with Gasteiger partial charge in [0.25, 0.3) is 0 Å². The molecule has 1 saturated heterocycles. The minimum absolute atomic E-state index is 0.0281. The Bertz CT molecular complexity index is 432. The second-order valence-electron chi connectivity index (χ2n) is 4.47. The molecule has 1 fully saturated rings. The number of imidazole rings is 1. The van der Waals surface area contributed by atoms with Gasteiger partial charge in [0, 0.05) is 25.0 Å². The van der Waals surface area contributed by atoms with Crippen LogP contribution in [0.15, 0.2) is 18.7 Å². The van der Waals surface area contributed by atoms with Gasteiger partial charge in [-0.1, -0.05) is 6.92 Å². The number of rotatable bonds is 6. The zero-order chi connectivity index (χ0) is 13.7. The van der Waals surface area contributed by atoms with E-state index in [1.54, 1.807) is 12.5 Å². The maximum Gasteiger partial charge on any atom is 0.410 e. The van der Waals surface area contributed by atoms with Gasteiger partial charge in [-0.2, -0.15) is 0 Å². The molecule has 7 heteroatoms. The van der Waals surface area contributed by atoms with Gasteiger partial charge in [0.1, 0.15) is 13.2 Å². The van der Waals surface area contributed by atoms with E-state index in [4.69, 9.17) is 4.74 Å². The molecule has 104 valence electrons. The van der Waals surface area contributed by atoms with Gasteiger partial charge in [-0.3, -0.25) is 9.69 Å². The van der Waals surface area contributed by atoms with E-state index >= 15 is 0 Å². The molecule has 2 heterocycles. The highest BCUT2D eigenvalue weighted by Crippen LogP contribution is 2.03. The van der Waals surface area contributed by atoms with Crippen LogP contribution in [0.5, 0.6) is 0 Å². The third kappa shape index (κ3) is 3.70. The molecule has 0 aliphatic carbocycles. The van der Waals surface area contributed by atoms with Gasteiger partial charge in [-0.05, 0) is 6.42 Å². The van der Waals surface area contributed by atoms with Crippen LogP contribution >= 0.6 is 0 Å². The summed E-state index contributed by atoms with van der Waals surface area (Å²) in [7, 11) is 0. The molecule has 1 N–H and O–H groups in total. The summed E-state index contributed by atoms with van der Waals surface area (Å²) in [5, 5.41) is 2.92. The van der Waals surface area contributed by atoms with E-state index < -0.39 is 6.09 Å². The zero-order valence-corrected chi connectivity index (χ0v) is 10.9. The van der Waals surface area contributed by atoms with Crippen LogP contribution in [0.3, 0.4) is 0 Å². The molecule has 1 aromatic rings. The fourth-order valence-electron chi connectivity index (χ4n) is 1.94. The lowest BCUT2D eigenvalue weighted by Crippen LogP contribution is -2.43. The summed E-state index contributed by atoms with van der Waals surface area (Å²) in [6.45, 7) is 3.57. The minimum atomic E-state index is -0.419. The molecule has 0 bridgehead atoms. The first-order valence-corrected chi connectivity index (χ1v) is 6.36. The Balaban J connectivity index is 1.80. The van der Waals surface area contributed by atoms with E-state index in [9.17, 15) is 9.59 Å². The van der Waals surface area contributed by atoms with E-state index in [2.05, 4.69) is 10.3 Å². The van der Waals surface area contributed by atoms with Crippen molar-refractivity contribution in [1.82, 2.24) is 19.8 Å². The summed E-state index contributed by atoms with van der Waals surface area (Å²) < 4.78 is 6.69. The molecule has 2 rings (SSSR count). The number of amides is 2. The lowest BCUT2D eigenvalue weighted by atomic mass is 10.2. The third-order valence-electron chi connectivity index (χ3n) is 3.03. The van der Waals surface area contributed by atoms with E-state index in [1.807, 2.05) is 17.7 Å². The molecule has 1 aromatic heterocycles. The summed E-state index contributed by atoms with van der Waals surface area (Å²) >= 11 is 0. The Morgan fingerprint density at radius 2 is 2.47 bits per heavy atom. The molecule has 0 radical (unpaired) electrons. The van der Waals surface area contributed by atoms with Crippen LogP contribution in [-0.4, -0.2) is 52.2 Å². The number of nitrogens with one attached hydrogen (secondary N) is 1. The first-order valence-electron chi connectivity index (χ1n) is 6.36. The standard InChI is InChI=1S/C12H18N4O3/c1-2-10(7-15-4-3-13-9-15)14-11(17)8-16-5-6-19-12(16)18/h3-4,9-10H,2,5-8H2,1H3,(H,14,17)/t10-/m1/s1. The number of carbonyl (C=O) groups excluding carboxylic acids is 2. The molecule has 1 aliphatic heterocycles. The van der Waals surface area contributed by atoms with Gasteiger partial charge in [-0.15, -0.1) is 0 Å². The van der Waals surface area contributed by atoms with Crippen LogP contribution in [0.2, 0.25) is 0 Å². The van der Waals surface area contributed by atoms with Crippen LogP contribution in [0, 0.1) is 0 Å². The van der Waals surface area contributed by atoms with Gasteiger partial charge < -0.3 is 14.6 Å². The van der Waals surface area contributed by atoms with Crippen molar-refractivity contribution in [3.63, 3.8) is 0 Å². The first-order chi connectivity index (χ1) is 9.19. The van der Waals surface area contributed by atoms with E-state index in [0.29, 0.717) is 19.7 Å². The Labute approximate surface area is 111 Å². The molecule has 0 unspecified atom stereocenters. The summed E-state index contributed by atoms with van der Waals surface area (Å²) in [5.74, 6) is -0.161. The Kier molecular flexibility index (Phi) is 4.38. The molecule has 1 atom stereocenters. The number of aromatic nitrogens is 2. The molecule has 1 aliphatic rings. The van der Waals surface area contributed by atoms with Crippen LogP contribution in [-0.2, 0) is 16.1 Å². The summed E-state index contributed by atoms with van der Waals surface area (Å²) in [6, 6.07) is 0.0281. The van der Waals surface area contributed by atoms with Crippen molar-refractivity contribution in [1.29, 1.82) is 0 Å². The minimum Gasteiger partial charge on any atom is -0.448 e. The molecule has 0 aromatic carbocycles. The monoisotopic (exact) mass is 266 g/mol. The number of nitrogens with zero attached hydrogens (tertiary/aromatic N) is 3. The van der Waals surface area contributed by atoms with Crippen LogP contribution < -0.4 is 5.32 Å². The Morgan fingerprint density at radius 1 is 1.63 bits per heavy atom. The van der Waals surface area contributed by atoms with Crippen molar-refractivity contribution in [2.75, 3.05) is 19.7 Å². The number of ether oxygens (including phenoxy) is 1. The third-order valence-corrected chi connectivity index (χ3v) is 3.03. The maximum atomic E-state index is 11.9. The average Bonchev–Trinajstić information content (AvgIpc) is 3.01. The van der Waals surface area contributed by atoms with Crippen molar-refractivity contribution in [2.24, 2.45) is 0 Å².